The summed E-state index contributed by atoms with van der Waals surface area (Å²) in [5.41, 5.74) is 2.80. The lowest BCUT2D eigenvalue weighted by atomic mass is 10.2. The molecule has 1 aliphatic heterocycles. The standard InChI is InChI=1S/C21H24N6O/c1-15-16(2)27(14-22-15)20-13-19(23-17(3)24-20)25-9-11-26(12-10-25)21(28)18-7-5-4-6-8-18/h4-8,13-14H,9-12H2,1-3H3. The fourth-order valence-electron chi connectivity index (χ4n) is 3.45. The van der Waals surface area contributed by atoms with E-state index in [-0.39, 0.29) is 5.91 Å². The van der Waals surface area contributed by atoms with E-state index in [0.29, 0.717) is 13.1 Å². The Morgan fingerprint density at radius 2 is 1.61 bits per heavy atom. The third kappa shape index (κ3) is 3.47. The SMILES string of the molecule is Cc1nc(N2CCN(C(=O)c3ccccc3)CC2)cc(-n2cnc(C)c2C)n1. The highest BCUT2D eigenvalue weighted by Crippen LogP contribution is 2.20. The predicted molar refractivity (Wildman–Crippen MR) is 108 cm³/mol. The number of aromatic nitrogens is 4. The molecule has 1 fully saturated rings. The fraction of sp³-hybridized carbons (Fsp3) is 0.333. The molecular weight excluding hydrogens is 352 g/mol. The summed E-state index contributed by atoms with van der Waals surface area (Å²) in [6.07, 6.45) is 1.80. The zero-order chi connectivity index (χ0) is 19.7. The summed E-state index contributed by atoms with van der Waals surface area (Å²) in [6.45, 7) is 8.77. The molecule has 0 atom stereocenters. The number of aryl methyl sites for hydroxylation is 2. The van der Waals surface area contributed by atoms with Gasteiger partial charge in [0, 0.05) is 43.5 Å². The number of nitrogens with zero attached hydrogens (tertiary/aromatic N) is 6. The van der Waals surface area contributed by atoms with Crippen LogP contribution in [0.2, 0.25) is 0 Å². The smallest absolute Gasteiger partial charge is 0.253 e. The van der Waals surface area contributed by atoms with E-state index in [0.717, 1.165) is 47.5 Å². The number of anilines is 1. The third-order valence-electron chi connectivity index (χ3n) is 5.22. The Balaban J connectivity index is 1.50. The number of amides is 1. The first-order valence-corrected chi connectivity index (χ1v) is 9.49. The molecule has 0 N–H and O–H groups in total. The van der Waals surface area contributed by atoms with Crippen molar-refractivity contribution in [3.8, 4) is 5.82 Å². The normalized spacial score (nSPS) is 14.4. The molecule has 0 bridgehead atoms. The second-order valence-corrected chi connectivity index (χ2v) is 7.06. The van der Waals surface area contributed by atoms with E-state index in [9.17, 15) is 4.79 Å². The summed E-state index contributed by atoms with van der Waals surface area (Å²) < 4.78 is 1.99. The van der Waals surface area contributed by atoms with Gasteiger partial charge in [0.25, 0.3) is 5.91 Å². The van der Waals surface area contributed by atoms with Gasteiger partial charge in [-0.25, -0.2) is 15.0 Å². The van der Waals surface area contributed by atoms with Gasteiger partial charge in [-0.15, -0.1) is 0 Å². The molecule has 0 radical (unpaired) electrons. The van der Waals surface area contributed by atoms with Crippen molar-refractivity contribution < 1.29 is 4.79 Å². The van der Waals surface area contributed by atoms with Crippen molar-refractivity contribution >= 4 is 11.7 Å². The number of hydrogen-bond acceptors (Lipinski definition) is 5. The van der Waals surface area contributed by atoms with Crippen molar-refractivity contribution in [1.82, 2.24) is 24.4 Å². The van der Waals surface area contributed by atoms with Gasteiger partial charge in [-0.2, -0.15) is 0 Å². The van der Waals surface area contributed by atoms with Gasteiger partial charge in [-0.1, -0.05) is 18.2 Å². The van der Waals surface area contributed by atoms with E-state index in [1.807, 2.05) is 66.6 Å². The number of benzene rings is 1. The molecular formula is C21H24N6O. The Kier molecular flexibility index (Phi) is 4.81. The molecule has 0 aliphatic carbocycles. The van der Waals surface area contributed by atoms with Crippen molar-refractivity contribution in [3.05, 3.63) is 65.5 Å². The second kappa shape index (κ2) is 7.42. The number of carbonyl (C=O) groups is 1. The number of imidazole rings is 1. The quantitative estimate of drug-likeness (QED) is 0.703. The summed E-state index contributed by atoms with van der Waals surface area (Å²) in [5.74, 6) is 2.52. The van der Waals surface area contributed by atoms with Crippen LogP contribution in [0.4, 0.5) is 5.82 Å². The van der Waals surface area contributed by atoms with Crippen LogP contribution in [0.3, 0.4) is 0 Å². The van der Waals surface area contributed by atoms with Gasteiger partial charge in [0.1, 0.15) is 23.8 Å². The highest BCUT2D eigenvalue weighted by atomic mass is 16.2. The van der Waals surface area contributed by atoms with Gasteiger partial charge >= 0.3 is 0 Å². The van der Waals surface area contributed by atoms with Crippen LogP contribution in [0, 0.1) is 20.8 Å². The number of carbonyl (C=O) groups excluding carboxylic acids is 1. The van der Waals surface area contributed by atoms with Crippen molar-refractivity contribution in [3.63, 3.8) is 0 Å². The Hall–Kier alpha value is -3.22. The predicted octanol–water partition coefficient (Wildman–Crippen LogP) is 2.55. The van der Waals surface area contributed by atoms with E-state index in [2.05, 4.69) is 19.9 Å². The van der Waals surface area contributed by atoms with E-state index in [1.54, 1.807) is 6.33 Å². The topological polar surface area (TPSA) is 67.2 Å². The van der Waals surface area contributed by atoms with Crippen LogP contribution in [-0.4, -0.2) is 56.5 Å². The molecule has 4 rings (SSSR count). The first kappa shape index (κ1) is 18.2. The maximum absolute atomic E-state index is 12.6. The highest BCUT2D eigenvalue weighted by Gasteiger charge is 2.23. The maximum Gasteiger partial charge on any atom is 0.253 e. The van der Waals surface area contributed by atoms with Crippen molar-refractivity contribution in [2.24, 2.45) is 0 Å². The number of rotatable bonds is 3. The van der Waals surface area contributed by atoms with E-state index >= 15 is 0 Å². The van der Waals surface area contributed by atoms with Crippen molar-refractivity contribution in [2.45, 2.75) is 20.8 Å². The molecule has 0 saturated carbocycles. The minimum Gasteiger partial charge on any atom is -0.353 e. The first-order valence-electron chi connectivity index (χ1n) is 9.49. The molecule has 0 unspecified atom stereocenters. The minimum atomic E-state index is 0.0873. The van der Waals surface area contributed by atoms with Crippen LogP contribution in [0.5, 0.6) is 0 Å². The Morgan fingerprint density at radius 3 is 2.25 bits per heavy atom. The summed E-state index contributed by atoms with van der Waals surface area (Å²) in [4.78, 5) is 30.3. The van der Waals surface area contributed by atoms with Crippen molar-refractivity contribution in [1.29, 1.82) is 0 Å². The van der Waals surface area contributed by atoms with E-state index in [1.165, 1.54) is 0 Å². The Morgan fingerprint density at radius 1 is 0.929 bits per heavy atom. The molecule has 7 heteroatoms. The largest absolute Gasteiger partial charge is 0.353 e. The molecule has 1 aromatic carbocycles. The molecule has 7 nitrogen and oxygen atoms in total. The van der Waals surface area contributed by atoms with Crippen LogP contribution in [0.1, 0.15) is 27.6 Å². The molecule has 1 saturated heterocycles. The zero-order valence-electron chi connectivity index (χ0n) is 16.5. The molecule has 3 aromatic rings. The van der Waals surface area contributed by atoms with Gasteiger partial charge in [0.2, 0.25) is 0 Å². The molecule has 1 aliphatic rings. The van der Waals surface area contributed by atoms with Crippen LogP contribution >= 0.6 is 0 Å². The molecule has 0 spiro atoms. The van der Waals surface area contributed by atoms with E-state index < -0.39 is 0 Å². The van der Waals surface area contributed by atoms with Gasteiger partial charge in [0.15, 0.2) is 0 Å². The van der Waals surface area contributed by atoms with Crippen LogP contribution in [0.25, 0.3) is 5.82 Å². The number of piperazine rings is 1. The molecule has 144 valence electrons. The lowest BCUT2D eigenvalue weighted by Crippen LogP contribution is -2.49. The monoisotopic (exact) mass is 376 g/mol. The third-order valence-corrected chi connectivity index (χ3v) is 5.22. The average Bonchev–Trinajstić information content (AvgIpc) is 3.06. The number of hydrogen-bond donors (Lipinski definition) is 0. The summed E-state index contributed by atoms with van der Waals surface area (Å²) in [6, 6.07) is 11.4. The van der Waals surface area contributed by atoms with Gasteiger partial charge in [-0.05, 0) is 32.9 Å². The van der Waals surface area contributed by atoms with Gasteiger partial charge < -0.3 is 9.80 Å². The summed E-state index contributed by atoms with van der Waals surface area (Å²) in [5, 5.41) is 0. The Bertz CT molecular complexity index is 989. The average molecular weight is 376 g/mol. The maximum atomic E-state index is 12.6. The van der Waals surface area contributed by atoms with Crippen LogP contribution in [-0.2, 0) is 0 Å². The molecule has 2 aromatic heterocycles. The van der Waals surface area contributed by atoms with Crippen LogP contribution < -0.4 is 4.90 Å². The summed E-state index contributed by atoms with van der Waals surface area (Å²) >= 11 is 0. The van der Waals surface area contributed by atoms with Crippen LogP contribution in [0.15, 0.2) is 42.7 Å². The molecule has 1 amide bonds. The van der Waals surface area contributed by atoms with Gasteiger partial charge in [-0.3, -0.25) is 9.36 Å². The highest BCUT2D eigenvalue weighted by molar-refractivity contribution is 5.94. The fourth-order valence-corrected chi connectivity index (χ4v) is 3.45. The van der Waals surface area contributed by atoms with Crippen molar-refractivity contribution in [2.75, 3.05) is 31.1 Å². The lowest BCUT2D eigenvalue weighted by molar-refractivity contribution is 0.0746. The first-order chi connectivity index (χ1) is 13.5. The van der Waals surface area contributed by atoms with Gasteiger partial charge in [0.05, 0.1) is 5.69 Å². The Labute approximate surface area is 164 Å². The lowest BCUT2D eigenvalue weighted by Gasteiger charge is -2.35. The van der Waals surface area contributed by atoms with E-state index in [4.69, 9.17) is 0 Å². The zero-order valence-corrected chi connectivity index (χ0v) is 16.5. The molecule has 28 heavy (non-hydrogen) atoms. The summed E-state index contributed by atoms with van der Waals surface area (Å²) in [7, 11) is 0. The molecule has 3 heterocycles. The minimum absolute atomic E-state index is 0.0873. The second-order valence-electron chi connectivity index (χ2n) is 7.06.